The summed E-state index contributed by atoms with van der Waals surface area (Å²) in [6, 6.07) is 0. The van der Waals surface area contributed by atoms with Crippen molar-refractivity contribution in [3.05, 3.63) is 0 Å². The van der Waals surface area contributed by atoms with Crippen LogP contribution in [0.25, 0.3) is 0 Å². The highest BCUT2D eigenvalue weighted by molar-refractivity contribution is 6.64. The molecule has 0 atom stereocenters. The Hall–Kier alpha value is -0.223. The van der Waals surface area contributed by atoms with Crippen molar-refractivity contribution < 1.29 is 0 Å². The number of hydrogen-bond acceptors (Lipinski definition) is 0. The molecule has 0 aromatic carbocycles. The third-order valence-electron chi connectivity index (χ3n) is 0.375. The minimum Gasteiger partial charge on any atom is -0.134 e. The molecule has 0 bridgehead atoms. The van der Waals surface area contributed by atoms with E-state index in [1.54, 1.807) is 0 Å². The molecule has 0 aromatic rings. The van der Waals surface area contributed by atoms with Crippen LogP contribution in [0.1, 0.15) is 6.92 Å². The van der Waals surface area contributed by atoms with Gasteiger partial charge in [-0.05, 0) is 6.92 Å². The topological polar surface area (TPSA) is 0 Å². The molecule has 0 aliphatic rings. The highest BCUT2D eigenvalue weighted by atomic mass is 28.3. The molecule has 0 rings (SSSR count). The molecule has 0 saturated carbocycles. The molecular weight excluding hydrogens is 88.1 g/mol. The molecule has 0 aromatic heterocycles. The molecule has 0 saturated heterocycles. The molecule has 0 nitrogen and oxygen atoms in total. The Labute approximate surface area is 41.2 Å². The Morgan fingerprint density at radius 1 is 1.33 bits per heavy atom. The summed E-state index contributed by atoms with van der Waals surface area (Å²) in [6.07, 6.45) is 0. The summed E-state index contributed by atoms with van der Waals surface area (Å²) < 4.78 is 0. The van der Waals surface area contributed by atoms with Crippen molar-refractivity contribution in [1.29, 1.82) is 0 Å². The Bertz CT molecular complexity index is 73.7. The van der Waals surface area contributed by atoms with Crippen molar-refractivity contribution in [2.24, 2.45) is 0 Å². The Morgan fingerprint density at radius 2 is 1.83 bits per heavy atom. The quantitative estimate of drug-likeness (QED) is 0.316. The van der Waals surface area contributed by atoms with Crippen LogP contribution in [-0.2, 0) is 0 Å². The summed E-state index contributed by atoms with van der Waals surface area (Å²) in [5.74, 6) is 2.86. The van der Waals surface area contributed by atoms with Crippen molar-refractivity contribution in [3.63, 3.8) is 0 Å². The van der Waals surface area contributed by atoms with E-state index in [-0.39, 0.29) is 8.80 Å². The van der Waals surface area contributed by atoms with Crippen molar-refractivity contribution in [3.8, 4) is 11.5 Å². The molecular formula is C5H9Si. The van der Waals surface area contributed by atoms with E-state index in [1.807, 2.05) is 6.92 Å². The minimum atomic E-state index is -0.247. The lowest BCUT2D eigenvalue weighted by Gasteiger charge is -1.77. The SMILES string of the molecule is CC#C[Si](C)C. The molecule has 0 unspecified atom stereocenters. The fraction of sp³-hybridized carbons (Fsp3) is 0.600. The summed E-state index contributed by atoms with van der Waals surface area (Å²) in [5.41, 5.74) is 3.06. The van der Waals surface area contributed by atoms with E-state index in [4.69, 9.17) is 0 Å². The van der Waals surface area contributed by atoms with E-state index in [1.165, 1.54) is 0 Å². The normalized spacial score (nSPS) is 7.33. The van der Waals surface area contributed by atoms with Gasteiger partial charge >= 0.3 is 0 Å². The van der Waals surface area contributed by atoms with Gasteiger partial charge in [0, 0.05) is 0 Å². The fourth-order valence-corrected chi connectivity index (χ4v) is 0.750. The van der Waals surface area contributed by atoms with E-state index < -0.39 is 0 Å². The van der Waals surface area contributed by atoms with Crippen molar-refractivity contribution >= 4 is 8.80 Å². The number of hydrogen-bond donors (Lipinski definition) is 0. The maximum Gasteiger partial charge on any atom is 0.138 e. The fourth-order valence-electron chi connectivity index (χ4n) is 0.250. The highest BCUT2D eigenvalue weighted by Crippen LogP contribution is 1.70. The largest absolute Gasteiger partial charge is 0.138 e. The molecule has 0 fully saturated rings. The first-order valence-corrected chi connectivity index (χ1v) is 4.50. The lowest BCUT2D eigenvalue weighted by molar-refractivity contribution is 1.91. The first kappa shape index (κ1) is 5.78. The maximum absolute atomic E-state index is 3.06. The van der Waals surface area contributed by atoms with Crippen LogP contribution in [0.5, 0.6) is 0 Å². The summed E-state index contributed by atoms with van der Waals surface area (Å²) in [6.45, 7) is 6.25. The second-order valence-electron chi connectivity index (χ2n) is 1.38. The molecule has 1 radical (unpaired) electrons. The summed E-state index contributed by atoms with van der Waals surface area (Å²) in [5, 5.41) is 0. The summed E-state index contributed by atoms with van der Waals surface area (Å²) >= 11 is 0. The zero-order chi connectivity index (χ0) is 4.99. The van der Waals surface area contributed by atoms with E-state index in [2.05, 4.69) is 24.6 Å². The summed E-state index contributed by atoms with van der Waals surface area (Å²) in [7, 11) is -0.247. The molecule has 1 heteroatoms. The maximum atomic E-state index is 3.06. The van der Waals surface area contributed by atoms with Gasteiger partial charge in [-0.3, -0.25) is 0 Å². The highest BCUT2D eigenvalue weighted by Gasteiger charge is 1.80. The van der Waals surface area contributed by atoms with Gasteiger partial charge in [-0.1, -0.05) is 13.1 Å². The lowest BCUT2D eigenvalue weighted by Crippen LogP contribution is -1.91. The standard InChI is InChI=1S/C5H9Si/c1-4-5-6(2)3/h1-3H3. The van der Waals surface area contributed by atoms with Crippen molar-refractivity contribution in [2.75, 3.05) is 0 Å². The molecule has 0 amide bonds. The van der Waals surface area contributed by atoms with Gasteiger partial charge in [0.1, 0.15) is 8.80 Å². The van der Waals surface area contributed by atoms with Gasteiger partial charge in [-0.2, -0.15) is 0 Å². The van der Waals surface area contributed by atoms with Gasteiger partial charge in [0.15, 0.2) is 0 Å². The third kappa shape index (κ3) is 3.78. The van der Waals surface area contributed by atoms with Crippen LogP contribution < -0.4 is 0 Å². The van der Waals surface area contributed by atoms with Crippen LogP contribution in [0, 0.1) is 11.5 Å². The molecule has 0 spiro atoms. The average molecular weight is 97.2 g/mol. The van der Waals surface area contributed by atoms with Gasteiger partial charge < -0.3 is 0 Å². The Kier molecular flexibility index (Phi) is 2.88. The van der Waals surface area contributed by atoms with E-state index in [0.717, 1.165) is 0 Å². The summed E-state index contributed by atoms with van der Waals surface area (Å²) in [4.78, 5) is 0. The van der Waals surface area contributed by atoms with Gasteiger partial charge in [0.25, 0.3) is 0 Å². The zero-order valence-corrected chi connectivity index (χ0v) is 5.50. The average Bonchev–Trinajstić information content (AvgIpc) is 1.35. The van der Waals surface area contributed by atoms with Crippen molar-refractivity contribution in [2.45, 2.75) is 20.0 Å². The zero-order valence-electron chi connectivity index (χ0n) is 4.50. The van der Waals surface area contributed by atoms with Crippen LogP contribution >= 0.6 is 0 Å². The van der Waals surface area contributed by atoms with Crippen LogP contribution in [0.3, 0.4) is 0 Å². The van der Waals surface area contributed by atoms with Gasteiger partial charge in [-0.15, -0.1) is 11.5 Å². The minimum absolute atomic E-state index is 0.247. The molecule has 0 aliphatic carbocycles. The van der Waals surface area contributed by atoms with Crippen LogP contribution in [-0.4, -0.2) is 8.80 Å². The van der Waals surface area contributed by atoms with Gasteiger partial charge in [0.05, 0.1) is 0 Å². The molecule has 0 heterocycles. The Morgan fingerprint density at radius 3 is 1.83 bits per heavy atom. The second kappa shape index (κ2) is 2.99. The predicted octanol–water partition coefficient (Wildman–Crippen LogP) is 1.30. The van der Waals surface area contributed by atoms with E-state index in [9.17, 15) is 0 Å². The van der Waals surface area contributed by atoms with Crippen LogP contribution in [0.4, 0.5) is 0 Å². The molecule has 6 heavy (non-hydrogen) atoms. The first-order valence-electron chi connectivity index (χ1n) is 2.00. The number of rotatable bonds is 0. The monoisotopic (exact) mass is 97.0 g/mol. The molecule has 0 aliphatic heterocycles. The third-order valence-corrected chi connectivity index (χ3v) is 1.12. The lowest BCUT2D eigenvalue weighted by atomic mass is 10.8. The van der Waals surface area contributed by atoms with Crippen molar-refractivity contribution in [1.82, 2.24) is 0 Å². The van der Waals surface area contributed by atoms with Gasteiger partial charge in [-0.25, -0.2) is 0 Å². The van der Waals surface area contributed by atoms with Crippen LogP contribution in [0.2, 0.25) is 13.1 Å². The van der Waals surface area contributed by atoms with Crippen LogP contribution in [0.15, 0.2) is 0 Å². The molecule has 33 valence electrons. The van der Waals surface area contributed by atoms with Gasteiger partial charge in [0.2, 0.25) is 0 Å². The smallest absolute Gasteiger partial charge is 0.134 e. The molecule has 0 N–H and O–H groups in total. The second-order valence-corrected chi connectivity index (χ2v) is 3.62. The van der Waals surface area contributed by atoms with E-state index >= 15 is 0 Å². The van der Waals surface area contributed by atoms with E-state index in [0.29, 0.717) is 0 Å². The predicted molar refractivity (Wildman–Crippen MR) is 30.9 cm³/mol. The Balaban J connectivity index is 3.20. The first-order chi connectivity index (χ1) is 2.77.